The summed E-state index contributed by atoms with van der Waals surface area (Å²) in [5, 5.41) is 0. The van der Waals surface area contributed by atoms with Gasteiger partial charge >= 0.3 is 0 Å². The van der Waals surface area contributed by atoms with Crippen LogP contribution in [0.2, 0.25) is 0 Å². The number of nitrogen functional groups attached to an aromatic ring is 1. The summed E-state index contributed by atoms with van der Waals surface area (Å²) in [4.78, 5) is 9.17. The van der Waals surface area contributed by atoms with E-state index in [0.29, 0.717) is 0 Å². The van der Waals surface area contributed by atoms with Gasteiger partial charge in [0.1, 0.15) is 5.82 Å². The Kier molecular flexibility index (Phi) is 3.40. The Morgan fingerprint density at radius 1 is 1.10 bits per heavy atom. The number of nitrogens with one attached hydrogen (secondary N) is 1. The molecule has 0 aliphatic rings. The molecular weight excluding hydrogens is 266 g/mol. The van der Waals surface area contributed by atoms with Crippen LogP contribution in [0.3, 0.4) is 0 Å². The molecule has 0 atom stereocenters. The lowest BCUT2D eigenvalue weighted by molar-refractivity contribution is 1.14. The average molecular weight is 283 g/mol. The van der Waals surface area contributed by atoms with E-state index in [2.05, 4.69) is 42.0 Å². The molecule has 0 bridgehead atoms. The fourth-order valence-electron chi connectivity index (χ4n) is 2.10. The average Bonchev–Trinajstić information content (AvgIpc) is 2.82. The van der Waals surface area contributed by atoms with Crippen molar-refractivity contribution < 1.29 is 0 Å². The van der Waals surface area contributed by atoms with Crippen molar-refractivity contribution in [3.05, 3.63) is 53.3 Å². The monoisotopic (exact) mass is 283 g/mol. The second kappa shape index (κ2) is 5.21. The van der Waals surface area contributed by atoms with Crippen molar-refractivity contribution in [2.24, 2.45) is 0 Å². The van der Waals surface area contributed by atoms with Crippen LogP contribution in [0.5, 0.6) is 0 Å². The molecular formula is C16H17N3S. The third kappa shape index (κ3) is 2.65. The van der Waals surface area contributed by atoms with Crippen molar-refractivity contribution in [2.75, 3.05) is 5.73 Å². The fraction of sp³-hybridized carbons (Fsp3) is 0.188. The number of rotatable bonds is 3. The standard InChI is InChI=1S/C16H17N3S/c1-10-3-5-13(7-11(10)2)20-9-16-18-14-6-4-12(17)8-15(14)19-16/h3-8H,9,17H2,1-2H3,(H,18,19). The predicted octanol–water partition coefficient (Wildman–Crippen LogP) is 4.05. The first kappa shape index (κ1) is 13.1. The predicted molar refractivity (Wildman–Crippen MR) is 86.0 cm³/mol. The molecule has 20 heavy (non-hydrogen) atoms. The van der Waals surface area contributed by atoms with E-state index in [1.54, 1.807) is 11.8 Å². The number of nitrogens with two attached hydrogens (primary N) is 1. The SMILES string of the molecule is Cc1ccc(SCc2nc3ccc(N)cc3[nH]2)cc1C. The lowest BCUT2D eigenvalue weighted by atomic mass is 10.1. The number of H-pyrrole nitrogens is 1. The lowest BCUT2D eigenvalue weighted by Crippen LogP contribution is -1.85. The lowest BCUT2D eigenvalue weighted by Gasteiger charge is -2.03. The van der Waals surface area contributed by atoms with Gasteiger partial charge in [-0.15, -0.1) is 11.8 Å². The minimum Gasteiger partial charge on any atom is -0.399 e. The van der Waals surface area contributed by atoms with Crippen LogP contribution in [0.4, 0.5) is 5.69 Å². The van der Waals surface area contributed by atoms with Gasteiger partial charge in [-0.2, -0.15) is 0 Å². The molecule has 102 valence electrons. The summed E-state index contributed by atoms with van der Waals surface area (Å²) in [5.74, 6) is 1.81. The molecule has 0 fully saturated rings. The van der Waals surface area contributed by atoms with E-state index in [0.717, 1.165) is 28.3 Å². The molecule has 0 amide bonds. The van der Waals surface area contributed by atoms with E-state index < -0.39 is 0 Å². The summed E-state index contributed by atoms with van der Waals surface area (Å²) >= 11 is 1.79. The topological polar surface area (TPSA) is 54.7 Å². The Hall–Kier alpha value is -1.94. The molecule has 3 rings (SSSR count). The number of hydrogen-bond donors (Lipinski definition) is 2. The Morgan fingerprint density at radius 2 is 1.95 bits per heavy atom. The maximum absolute atomic E-state index is 5.78. The van der Waals surface area contributed by atoms with Gasteiger partial charge in [0.2, 0.25) is 0 Å². The number of fused-ring (bicyclic) bond motifs is 1. The van der Waals surface area contributed by atoms with E-state index in [9.17, 15) is 0 Å². The zero-order valence-electron chi connectivity index (χ0n) is 11.6. The van der Waals surface area contributed by atoms with E-state index in [-0.39, 0.29) is 0 Å². The summed E-state index contributed by atoms with van der Waals surface area (Å²) in [6, 6.07) is 12.3. The molecule has 2 aromatic carbocycles. The highest BCUT2D eigenvalue weighted by atomic mass is 32.2. The number of benzene rings is 2. The van der Waals surface area contributed by atoms with E-state index in [4.69, 9.17) is 5.73 Å². The second-order valence-corrected chi connectivity index (χ2v) is 6.04. The molecule has 1 heterocycles. The highest BCUT2D eigenvalue weighted by Crippen LogP contribution is 2.25. The molecule has 0 saturated carbocycles. The summed E-state index contributed by atoms with van der Waals surface area (Å²) in [6.45, 7) is 4.27. The molecule has 3 N–H and O–H groups in total. The van der Waals surface area contributed by atoms with Crippen molar-refractivity contribution >= 4 is 28.5 Å². The zero-order valence-corrected chi connectivity index (χ0v) is 12.4. The van der Waals surface area contributed by atoms with Crippen LogP contribution in [0.25, 0.3) is 11.0 Å². The number of imidazole rings is 1. The number of aromatic amines is 1. The first-order chi connectivity index (χ1) is 9.61. The maximum atomic E-state index is 5.78. The van der Waals surface area contributed by atoms with Gasteiger partial charge in [-0.1, -0.05) is 6.07 Å². The van der Waals surface area contributed by atoms with Crippen LogP contribution in [-0.4, -0.2) is 9.97 Å². The largest absolute Gasteiger partial charge is 0.399 e. The van der Waals surface area contributed by atoms with Crippen LogP contribution >= 0.6 is 11.8 Å². The molecule has 0 spiro atoms. The van der Waals surface area contributed by atoms with E-state index >= 15 is 0 Å². The van der Waals surface area contributed by atoms with Gasteiger partial charge in [-0.25, -0.2) is 4.98 Å². The number of aryl methyl sites for hydroxylation is 2. The number of thioether (sulfide) groups is 1. The van der Waals surface area contributed by atoms with Gasteiger partial charge < -0.3 is 10.7 Å². The molecule has 3 aromatic rings. The van der Waals surface area contributed by atoms with E-state index in [1.165, 1.54) is 16.0 Å². The zero-order chi connectivity index (χ0) is 14.1. The van der Waals surface area contributed by atoms with E-state index in [1.807, 2.05) is 18.2 Å². The molecule has 3 nitrogen and oxygen atoms in total. The normalized spacial score (nSPS) is 11.1. The van der Waals surface area contributed by atoms with Gasteiger partial charge in [0.15, 0.2) is 0 Å². The van der Waals surface area contributed by atoms with Crippen LogP contribution < -0.4 is 5.73 Å². The highest BCUT2D eigenvalue weighted by molar-refractivity contribution is 7.98. The fourth-order valence-corrected chi connectivity index (χ4v) is 2.97. The van der Waals surface area contributed by atoms with Crippen LogP contribution in [0, 0.1) is 13.8 Å². The first-order valence-electron chi connectivity index (χ1n) is 6.56. The van der Waals surface area contributed by atoms with Crippen molar-refractivity contribution in [1.29, 1.82) is 0 Å². The number of aromatic nitrogens is 2. The minimum atomic E-state index is 0.759. The first-order valence-corrected chi connectivity index (χ1v) is 7.54. The number of anilines is 1. The summed E-state index contributed by atoms with van der Waals surface area (Å²) < 4.78 is 0. The number of nitrogens with zero attached hydrogens (tertiary/aromatic N) is 1. The van der Waals surface area contributed by atoms with Gasteiger partial charge in [-0.05, 0) is 55.3 Å². The van der Waals surface area contributed by atoms with Crippen molar-refractivity contribution in [3.63, 3.8) is 0 Å². The Morgan fingerprint density at radius 3 is 2.75 bits per heavy atom. The van der Waals surface area contributed by atoms with Gasteiger partial charge in [0.25, 0.3) is 0 Å². The van der Waals surface area contributed by atoms with Crippen LogP contribution in [0.15, 0.2) is 41.3 Å². The highest BCUT2D eigenvalue weighted by Gasteiger charge is 2.04. The summed E-state index contributed by atoms with van der Waals surface area (Å²) in [5.41, 5.74) is 11.2. The van der Waals surface area contributed by atoms with Gasteiger partial charge in [-0.3, -0.25) is 0 Å². The van der Waals surface area contributed by atoms with Crippen LogP contribution in [-0.2, 0) is 5.75 Å². The number of hydrogen-bond acceptors (Lipinski definition) is 3. The molecule has 4 heteroatoms. The third-order valence-corrected chi connectivity index (χ3v) is 4.41. The smallest absolute Gasteiger partial charge is 0.117 e. The molecule has 0 unspecified atom stereocenters. The van der Waals surface area contributed by atoms with Gasteiger partial charge in [0.05, 0.1) is 16.8 Å². The Bertz CT molecular complexity index is 762. The van der Waals surface area contributed by atoms with Crippen LogP contribution in [0.1, 0.15) is 17.0 Å². The summed E-state index contributed by atoms with van der Waals surface area (Å²) in [7, 11) is 0. The van der Waals surface area contributed by atoms with Crippen molar-refractivity contribution in [1.82, 2.24) is 9.97 Å². The molecule has 0 saturated heterocycles. The molecule has 0 aliphatic heterocycles. The molecule has 0 aliphatic carbocycles. The second-order valence-electron chi connectivity index (χ2n) is 4.99. The minimum absolute atomic E-state index is 0.759. The molecule has 0 radical (unpaired) electrons. The van der Waals surface area contributed by atoms with Crippen molar-refractivity contribution in [2.45, 2.75) is 24.5 Å². The summed E-state index contributed by atoms with van der Waals surface area (Å²) in [6.07, 6.45) is 0. The Balaban J connectivity index is 1.77. The van der Waals surface area contributed by atoms with Crippen molar-refractivity contribution in [3.8, 4) is 0 Å². The van der Waals surface area contributed by atoms with Gasteiger partial charge in [0, 0.05) is 10.6 Å². The maximum Gasteiger partial charge on any atom is 0.117 e. The Labute approximate surface area is 122 Å². The third-order valence-electron chi connectivity index (χ3n) is 3.41. The molecule has 1 aromatic heterocycles. The quantitative estimate of drug-likeness (QED) is 0.563.